The zero-order valence-corrected chi connectivity index (χ0v) is 33.6. The summed E-state index contributed by atoms with van der Waals surface area (Å²) < 4.78 is 0. The fourth-order valence-electron chi connectivity index (χ4n) is 10.4. The summed E-state index contributed by atoms with van der Waals surface area (Å²) in [7, 11) is 0. The van der Waals surface area contributed by atoms with Crippen molar-refractivity contribution in [3.8, 4) is 0 Å². The van der Waals surface area contributed by atoms with Gasteiger partial charge in [-0.1, -0.05) is 151 Å². The summed E-state index contributed by atoms with van der Waals surface area (Å²) in [4.78, 5) is 4.83. The van der Waals surface area contributed by atoms with Crippen molar-refractivity contribution in [2.24, 2.45) is 0 Å². The molecule has 0 aliphatic heterocycles. The summed E-state index contributed by atoms with van der Waals surface area (Å²) in [6.45, 7) is 0. The molecule has 0 radical (unpaired) electrons. The third-order valence-electron chi connectivity index (χ3n) is 13.0. The predicted molar refractivity (Wildman–Crippen MR) is 255 cm³/mol. The maximum absolute atomic E-state index is 3.96. The Morgan fingerprint density at radius 3 is 2.10 bits per heavy atom. The Labute approximate surface area is 357 Å². The summed E-state index contributed by atoms with van der Waals surface area (Å²) >= 11 is 0. The number of rotatable bonds is 6. The van der Waals surface area contributed by atoms with E-state index >= 15 is 0 Å². The van der Waals surface area contributed by atoms with Gasteiger partial charge in [0.25, 0.3) is 0 Å². The van der Waals surface area contributed by atoms with E-state index < -0.39 is 5.41 Å². The van der Waals surface area contributed by atoms with Crippen LogP contribution in [-0.4, -0.2) is 0 Å². The van der Waals surface area contributed by atoms with Crippen LogP contribution in [0.4, 0.5) is 28.4 Å². The van der Waals surface area contributed by atoms with Crippen LogP contribution in [0.1, 0.15) is 39.8 Å². The van der Waals surface area contributed by atoms with Gasteiger partial charge in [-0.3, -0.25) is 0 Å². The second-order valence-electron chi connectivity index (χ2n) is 16.2. The van der Waals surface area contributed by atoms with Crippen molar-refractivity contribution in [2.45, 2.75) is 18.3 Å². The lowest BCUT2D eigenvalue weighted by atomic mass is 9.68. The topological polar surface area (TPSA) is 6.48 Å². The molecular formula is C59H40N2. The Hall–Kier alpha value is -7.86. The molecular weight excluding hydrogens is 737 g/mol. The highest BCUT2D eigenvalue weighted by Gasteiger charge is 2.53. The molecule has 0 fully saturated rings. The highest BCUT2D eigenvalue weighted by atomic mass is 15.2. The molecule has 0 aromatic heterocycles. The number of benzene rings is 7. The lowest BCUT2D eigenvalue weighted by Gasteiger charge is -2.34. The quantitative estimate of drug-likeness (QED) is 0.155. The first-order chi connectivity index (χ1) is 30.3. The van der Waals surface area contributed by atoms with Gasteiger partial charge in [0.2, 0.25) is 0 Å². The lowest BCUT2D eigenvalue weighted by Crippen LogP contribution is -2.28. The molecule has 61 heavy (non-hydrogen) atoms. The second-order valence-corrected chi connectivity index (χ2v) is 16.2. The van der Waals surface area contributed by atoms with Crippen LogP contribution in [0.2, 0.25) is 0 Å². The Kier molecular flexibility index (Phi) is 8.15. The molecule has 5 aliphatic rings. The molecule has 1 atom stereocenters. The number of allylic oxidation sites excluding steroid dienone is 10. The minimum atomic E-state index is -0.621. The van der Waals surface area contributed by atoms with Crippen LogP contribution >= 0.6 is 0 Å². The van der Waals surface area contributed by atoms with Gasteiger partial charge in [0.1, 0.15) is 0 Å². The van der Waals surface area contributed by atoms with E-state index in [-0.39, 0.29) is 0 Å². The van der Waals surface area contributed by atoms with Crippen LogP contribution in [0, 0.1) is 0 Å². The van der Waals surface area contributed by atoms with Gasteiger partial charge in [0.05, 0.1) is 22.5 Å². The van der Waals surface area contributed by atoms with Gasteiger partial charge in [-0.05, 0) is 147 Å². The first-order valence-electron chi connectivity index (χ1n) is 21.2. The van der Waals surface area contributed by atoms with Gasteiger partial charge >= 0.3 is 0 Å². The fourth-order valence-corrected chi connectivity index (χ4v) is 10.4. The normalized spacial score (nSPS) is 17.5. The van der Waals surface area contributed by atoms with Crippen LogP contribution in [0.25, 0.3) is 28.0 Å². The van der Waals surface area contributed by atoms with Crippen LogP contribution < -0.4 is 9.80 Å². The number of hydrogen-bond acceptors (Lipinski definition) is 2. The van der Waals surface area contributed by atoms with Gasteiger partial charge in [-0.2, -0.15) is 0 Å². The van der Waals surface area contributed by atoms with Gasteiger partial charge in [0.15, 0.2) is 0 Å². The molecule has 0 N–H and O–H groups in total. The molecule has 7 aromatic carbocycles. The molecule has 0 saturated carbocycles. The summed E-state index contributed by atoms with van der Waals surface area (Å²) in [6.07, 6.45) is 22.2. The number of fused-ring (bicyclic) bond motifs is 10. The Balaban J connectivity index is 1.11. The van der Waals surface area contributed by atoms with E-state index in [0.29, 0.717) is 0 Å². The summed E-state index contributed by atoms with van der Waals surface area (Å²) in [6, 6.07) is 59.7. The van der Waals surface area contributed by atoms with Crippen molar-refractivity contribution in [1.82, 2.24) is 0 Å². The first-order valence-corrected chi connectivity index (χ1v) is 21.2. The zero-order valence-electron chi connectivity index (χ0n) is 33.6. The summed E-state index contributed by atoms with van der Waals surface area (Å²) in [5.74, 6) is 0. The first kappa shape index (κ1) is 35.1. The van der Waals surface area contributed by atoms with E-state index in [0.717, 1.165) is 41.3 Å². The number of nitrogens with zero attached hydrogens (tertiary/aromatic N) is 2. The van der Waals surface area contributed by atoms with Crippen LogP contribution in [0.5, 0.6) is 0 Å². The summed E-state index contributed by atoms with van der Waals surface area (Å²) in [5.41, 5.74) is 26.1. The average Bonchev–Trinajstić information content (AvgIpc) is 3.47. The molecule has 0 heterocycles. The number of anilines is 5. The standard InChI is InChI=1S/C59H40N2/c1-4-22-43(23-5-1)60(57-32-16-20-41-18-10-12-26-47(41)57)45-34-37-51-52-38-35-46(61(44-24-6-2-7-25-44)58-33-17-21-42-19-11-13-27-48(42)58)40-56(52)59(55(51)39-36-45)53-30-9-3-8-28-49(53)50-29-14-15-31-54(50)59/h1-8,10-11,13-25,27-35,37-40H,12,26H2/t59-/m1/s1. The SMILES string of the molecule is C1=CC=CC2=C(C=1)[C@]1(C3=C(C=CC(N(c4ccccc4)c4cccc5c4CCC=C5)=C=C3)c3ccc(N(c4ccccc4)c4cccc5ccccc45)cc31)c1ccccc12. The van der Waals surface area contributed by atoms with E-state index in [1.54, 1.807) is 0 Å². The Morgan fingerprint density at radius 1 is 0.508 bits per heavy atom. The molecule has 0 bridgehead atoms. The van der Waals surface area contributed by atoms with Crippen molar-refractivity contribution >= 4 is 56.4 Å². The van der Waals surface area contributed by atoms with Gasteiger partial charge in [-0.15, -0.1) is 5.73 Å². The maximum atomic E-state index is 3.96. The van der Waals surface area contributed by atoms with Crippen LogP contribution in [-0.2, 0) is 11.8 Å². The second kappa shape index (κ2) is 14.2. The van der Waals surface area contributed by atoms with E-state index in [2.05, 4.69) is 234 Å². The Morgan fingerprint density at radius 2 is 1.21 bits per heavy atom. The molecule has 2 nitrogen and oxygen atoms in total. The smallest absolute Gasteiger partial charge is 0.0890 e. The molecule has 12 rings (SSSR count). The molecule has 1 spiro atoms. The van der Waals surface area contributed by atoms with E-state index in [1.807, 2.05) is 6.08 Å². The van der Waals surface area contributed by atoms with E-state index in [9.17, 15) is 0 Å². The van der Waals surface area contributed by atoms with Gasteiger partial charge in [-0.25, -0.2) is 0 Å². The molecule has 286 valence electrons. The largest absolute Gasteiger partial charge is 0.310 e. The minimum Gasteiger partial charge on any atom is -0.310 e. The van der Waals surface area contributed by atoms with Crippen molar-refractivity contribution in [1.29, 1.82) is 0 Å². The van der Waals surface area contributed by atoms with Crippen molar-refractivity contribution in [3.63, 3.8) is 0 Å². The molecule has 0 unspecified atom stereocenters. The molecule has 7 aromatic rings. The van der Waals surface area contributed by atoms with E-state index in [1.165, 1.54) is 72.1 Å². The van der Waals surface area contributed by atoms with Crippen molar-refractivity contribution < 1.29 is 0 Å². The average molecular weight is 777 g/mol. The maximum Gasteiger partial charge on any atom is 0.0890 e. The molecule has 2 heteroatoms. The summed E-state index contributed by atoms with van der Waals surface area (Å²) in [5, 5.41) is 2.42. The fraction of sp³-hybridized carbons (Fsp3) is 0.0508. The Bertz CT molecular complexity index is 3260. The van der Waals surface area contributed by atoms with Crippen molar-refractivity contribution in [2.75, 3.05) is 9.80 Å². The highest BCUT2D eigenvalue weighted by molar-refractivity contribution is 6.03. The minimum absolute atomic E-state index is 0.621. The van der Waals surface area contributed by atoms with Gasteiger partial charge < -0.3 is 9.80 Å². The molecule has 0 amide bonds. The third kappa shape index (κ3) is 5.38. The van der Waals surface area contributed by atoms with Crippen molar-refractivity contribution in [3.05, 3.63) is 274 Å². The lowest BCUT2D eigenvalue weighted by molar-refractivity contribution is 0.779. The number of hydrogen-bond donors (Lipinski definition) is 0. The predicted octanol–water partition coefficient (Wildman–Crippen LogP) is 14.8. The monoisotopic (exact) mass is 776 g/mol. The van der Waals surface area contributed by atoms with E-state index in [4.69, 9.17) is 0 Å². The zero-order chi connectivity index (χ0) is 40.3. The van der Waals surface area contributed by atoms with Crippen LogP contribution in [0.3, 0.4) is 0 Å². The number of para-hydroxylation sites is 2. The highest BCUT2D eigenvalue weighted by Crippen LogP contribution is 2.63. The third-order valence-corrected chi connectivity index (χ3v) is 13.0. The van der Waals surface area contributed by atoms with Crippen LogP contribution in [0.15, 0.2) is 241 Å². The molecule has 0 saturated heterocycles. The molecule has 5 aliphatic carbocycles. The van der Waals surface area contributed by atoms with Gasteiger partial charge in [0, 0.05) is 22.4 Å².